The molecule has 1 aromatic heterocycles. The van der Waals surface area contributed by atoms with Crippen LogP contribution in [0.25, 0.3) is 0 Å². The number of carbonyl (C=O) groups is 1. The Hall–Kier alpha value is -1.58. The fourth-order valence-electron chi connectivity index (χ4n) is 1.04. The van der Waals surface area contributed by atoms with E-state index >= 15 is 0 Å². The number of pyridine rings is 1. The van der Waals surface area contributed by atoms with Crippen LogP contribution in [0.3, 0.4) is 0 Å². The standard InChI is InChI=1S/C9H11NO3/c1-6(9(11)12)7-4-3-5-10-8(7)13-2/h3-6H,1-2H3,(H,11,12)/t6-/m0/s1. The van der Waals surface area contributed by atoms with E-state index in [1.165, 1.54) is 7.11 Å². The fourth-order valence-corrected chi connectivity index (χ4v) is 1.04. The van der Waals surface area contributed by atoms with Gasteiger partial charge in [0.1, 0.15) is 0 Å². The normalized spacial score (nSPS) is 12.2. The molecule has 0 aliphatic heterocycles. The molecule has 13 heavy (non-hydrogen) atoms. The average molecular weight is 181 g/mol. The lowest BCUT2D eigenvalue weighted by Gasteiger charge is -2.09. The minimum atomic E-state index is -0.883. The zero-order valence-electron chi connectivity index (χ0n) is 7.52. The lowest BCUT2D eigenvalue weighted by Crippen LogP contribution is -2.09. The molecule has 0 radical (unpaired) electrons. The predicted octanol–water partition coefficient (Wildman–Crippen LogP) is 1.28. The van der Waals surface area contributed by atoms with Gasteiger partial charge in [-0.15, -0.1) is 0 Å². The minimum Gasteiger partial charge on any atom is -0.481 e. The van der Waals surface area contributed by atoms with E-state index in [1.807, 2.05) is 0 Å². The summed E-state index contributed by atoms with van der Waals surface area (Å²) < 4.78 is 4.94. The molecule has 0 aliphatic carbocycles. The largest absolute Gasteiger partial charge is 0.481 e. The van der Waals surface area contributed by atoms with Crippen LogP contribution in [0, 0.1) is 0 Å². The quantitative estimate of drug-likeness (QED) is 0.763. The number of ether oxygens (including phenoxy) is 1. The topological polar surface area (TPSA) is 59.4 Å². The molecule has 0 spiro atoms. The second-order valence-corrected chi connectivity index (χ2v) is 2.66. The Labute approximate surface area is 76.2 Å². The van der Waals surface area contributed by atoms with Gasteiger partial charge in [-0.05, 0) is 13.0 Å². The van der Waals surface area contributed by atoms with Gasteiger partial charge in [-0.2, -0.15) is 0 Å². The van der Waals surface area contributed by atoms with Crippen LogP contribution in [0.4, 0.5) is 0 Å². The van der Waals surface area contributed by atoms with Gasteiger partial charge in [0.25, 0.3) is 0 Å². The molecule has 0 saturated heterocycles. The van der Waals surface area contributed by atoms with E-state index in [-0.39, 0.29) is 0 Å². The van der Waals surface area contributed by atoms with E-state index in [2.05, 4.69) is 4.98 Å². The molecule has 0 aliphatic rings. The summed E-state index contributed by atoms with van der Waals surface area (Å²) in [6.45, 7) is 1.60. The number of hydrogen-bond acceptors (Lipinski definition) is 3. The highest BCUT2D eigenvalue weighted by Crippen LogP contribution is 2.23. The third-order valence-corrected chi connectivity index (χ3v) is 1.83. The number of rotatable bonds is 3. The molecule has 4 nitrogen and oxygen atoms in total. The molecule has 4 heteroatoms. The van der Waals surface area contributed by atoms with Crippen molar-refractivity contribution in [2.75, 3.05) is 7.11 Å². The van der Waals surface area contributed by atoms with Crippen LogP contribution in [0.5, 0.6) is 5.88 Å². The molecule has 1 rings (SSSR count). The van der Waals surface area contributed by atoms with Crippen molar-refractivity contribution in [3.63, 3.8) is 0 Å². The van der Waals surface area contributed by atoms with Crippen LogP contribution in [0.2, 0.25) is 0 Å². The first kappa shape index (κ1) is 9.51. The summed E-state index contributed by atoms with van der Waals surface area (Å²) in [5, 5.41) is 8.77. The molecular formula is C9H11NO3. The predicted molar refractivity (Wildman–Crippen MR) is 46.8 cm³/mol. The van der Waals surface area contributed by atoms with Gasteiger partial charge in [0.05, 0.1) is 13.0 Å². The number of methoxy groups -OCH3 is 1. The molecule has 1 aromatic rings. The Morgan fingerprint density at radius 1 is 1.69 bits per heavy atom. The van der Waals surface area contributed by atoms with Crippen molar-refractivity contribution in [3.8, 4) is 5.88 Å². The van der Waals surface area contributed by atoms with Crippen LogP contribution in [0.1, 0.15) is 18.4 Å². The van der Waals surface area contributed by atoms with E-state index in [0.717, 1.165) is 0 Å². The summed E-state index contributed by atoms with van der Waals surface area (Å²) in [6.07, 6.45) is 1.57. The monoisotopic (exact) mass is 181 g/mol. The van der Waals surface area contributed by atoms with Crippen molar-refractivity contribution in [1.82, 2.24) is 4.98 Å². The van der Waals surface area contributed by atoms with Crippen LogP contribution in [0.15, 0.2) is 18.3 Å². The number of nitrogens with zero attached hydrogens (tertiary/aromatic N) is 1. The second-order valence-electron chi connectivity index (χ2n) is 2.66. The van der Waals surface area contributed by atoms with Crippen LogP contribution in [-0.2, 0) is 4.79 Å². The lowest BCUT2D eigenvalue weighted by molar-refractivity contribution is -0.138. The third-order valence-electron chi connectivity index (χ3n) is 1.83. The van der Waals surface area contributed by atoms with Crippen molar-refractivity contribution >= 4 is 5.97 Å². The third kappa shape index (κ3) is 1.96. The summed E-state index contributed by atoms with van der Waals surface area (Å²) in [6, 6.07) is 3.39. The zero-order valence-corrected chi connectivity index (χ0v) is 7.52. The van der Waals surface area contributed by atoms with Gasteiger partial charge in [0, 0.05) is 11.8 Å². The van der Waals surface area contributed by atoms with Gasteiger partial charge in [0.2, 0.25) is 5.88 Å². The first-order chi connectivity index (χ1) is 6.16. The Bertz CT molecular complexity index is 311. The molecule has 0 bridgehead atoms. The zero-order chi connectivity index (χ0) is 9.84. The maximum atomic E-state index is 10.7. The van der Waals surface area contributed by atoms with Gasteiger partial charge in [-0.1, -0.05) is 6.07 Å². The smallest absolute Gasteiger partial charge is 0.310 e. The molecule has 0 saturated carbocycles. The number of aromatic nitrogens is 1. The van der Waals surface area contributed by atoms with Crippen molar-refractivity contribution in [1.29, 1.82) is 0 Å². The molecule has 0 fully saturated rings. The van der Waals surface area contributed by atoms with E-state index in [9.17, 15) is 4.79 Å². The molecule has 1 N–H and O–H groups in total. The van der Waals surface area contributed by atoms with E-state index < -0.39 is 11.9 Å². The fraction of sp³-hybridized carbons (Fsp3) is 0.333. The Morgan fingerprint density at radius 3 is 2.92 bits per heavy atom. The lowest BCUT2D eigenvalue weighted by atomic mass is 10.0. The summed E-state index contributed by atoms with van der Waals surface area (Å²) >= 11 is 0. The highest BCUT2D eigenvalue weighted by molar-refractivity contribution is 5.76. The van der Waals surface area contributed by atoms with Crippen LogP contribution >= 0.6 is 0 Å². The summed E-state index contributed by atoms with van der Waals surface area (Å²) in [5.74, 6) is -1.10. The van der Waals surface area contributed by atoms with Gasteiger partial charge in [-0.25, -0.2) is 4.98 Å². The Kier molecular flexibility index (Phi) is 2.84. The molecular weight excluding hydrogens is 170 g/mol. The van der Waals surface area contributed by atoms with Gasteiger partial charge < -0.3 is 9.84 Å². The first-order valence-electron chi connectivity index (χ1n) is 3.88. The van der Waals surface area contributed by atoms with Gasteiger partial charge in [0.15, 0.2) is 0 Å². The van der Waals surface area contributed by atoms with Crippen molar-refractivity contribution in [2.45, 2.75) is 12.8 Å². The summed E-state index contributed by atoms with van der Waals surface area (Å²) in [5.41, 5.74) is 0.595. The van der Waals surface area contributed by atoms with Crippen LogP contribution < -0.4 is 4.74 Å². The highest BCUT2D eigenvalue weighted by Gasteiger charge is 2.18. The van der Waals surface area contributed by atoms with E-state index in [0.29, 0.717) is 11.4 Å². The summed E-state index contributed by atoms with van der Waals surface area (Å²) in [7, 11) is 1.47. The molecule has 0 amide bonds. The average Bonchev–Trinajstić information content (AvgIpc) is 2.16. The second kappa shape index (κ2) is 3.89. The molecule has 1 atom stereocenters. The number of aliphatic carboxylic acids is 1. The minimum absolute atomic E-state index is 0.373. The first-order valence-corrected chi connectivity index (χ1v) is 3.88. The van der Waals surface area contributed by atoms with Gasteiger partial charge in [-0.3, -0.25) is 4.79 Å². The maximum absolute atomic E-state index is 10.7. The molecule has 1 heterocycles. The van der Waals surface area contributed by atoms with Crippen molar-refractivity contribution in [3.05, 3.63) is 23.9 Å². The SMILES string of the molecule is COc1ncccc1[C@H](C)C(=O)O. The summed E-state index contributed by atoms with van der Waals surface area (Å²) in [4.78, 5) is 14.6. The van der Waals surface area contributed by atoms with E-state index in [4.69, 9.17) is 9.84 Å². The van der Waals surface area contributed by atoms with Crippen molar-refractivity contribution < 1.29 is 14.6 Å². The number of hydrogen-bond donors (Lipinski definition) is 1. The maximum Gasteiger partial charge on any atom is 0.310 e. The highest BCUT2D eigenvalue weighted by atomic mass is 16.5. The van der Waals surface area contributed by atoms with Crippen molar-refractivity contribution in [2.24, 2.45) is 0 Å². The Balaban J connectivity index is 3.05. The molecule has 0 aromatic carbocycles. The molecule has 70 valence electrons. The van der Waals surface area contributed by atoms with Gasteiger partial charge >= 0.3 is 5.97 Å². The molecule has 0 unspecified atom stereocenters. The van der Waals surface area contributed by atoms with E-state index in [1.54, 1.807) is 25.3 Å². The Morgan fingerprint density at radius 2 is 2.38 bits per heavy atom. The number of carboxylic acid groups (broad SMARTS) is 1. The number of carboxylic acids is 1. The van der Waals surface area contributed by atoms with Crippen LogP contribution in [-0.4, -0.2) is 23.2 Å².